The Kier molecular flexibility index (Phi) is 9.87. The van der Waals surface area contributed by atoms with Gasteiger partial charge in [-0.25, -0.2) is 0 Å². The van der Waals surface area contributed by atoms with Gasteiger partial charge in [0.1, 0.15) is 0 Å². The van der Waals surface area contributed by atoms with Gasteiger partial charge in [0.25, 0.3) is 5.91 Å². The van der Waals surface area contributed by atoms with Crippen molar-refractivity contribution in [2.45, 2.75) is 26.3 Å². The second-order valence-corrected chi connectivity index (χ2v) is 7.06. The van der Waals surface area contributed by atoms with Crippen LogP contribution in [0.2, 0.25) is 0 Å². The normalized spacial score (nSPS) is 12.5. The van der Waals surface area contributed by atoms with Gasteiger partial charge < -0.3 is 16.0 Å². The van der Waals surface area contributed by atoms with Crippen molar-refractivity contribution < 1.29 is 4.79 Å². The van der Waals surface area contributed by atoms with E-state index in [-0.39, 0.29) is 11.9 Å². The standard InChI is InChI=1S/C24H35N5O/c1-5-29(6-2)22(20-12-8-7-9-13-20)18-28-24(26-4)27-16-15-19-11-10-14-21(17-19)23(30)25-3/h7-14,17,22H,5-6,15-16,18H2,1-4H3,(H,25,30)(H2,26,27,28). The molecule has 0 radical (unpaired) electrons. The number of nitrogens with zero attached hydrogens (tertiary/aromatic N) is 2. The van der Waals surface area contributed by atoms with E-state index in [1.54, 1.807) is 14.1 Å². The van der Waals surface area contributed by atoms with E-state index < -0.39 is 0 Å². The zero-order valence-corrected chi connectivity index (χ0v) is 18.6. The van der Waals surface area contributed by atoms with E-state index in [0.717, 1.165) is 44.1 Å². The minimum absolute atomic E-state index is 0.0642. The number of carbonyl (C=O) groups is 1. The number of hydrogen-bond acceptors (Lipinski definition) is 3. The third-order valence-corrected chi connectivity index (χ3v) is 5.25. The molecule has 1 amide bonds. The van der Waals surface area contributed by atoms with Crippen LogP contribution in [0.4, 0.5) is 0 Å². The fourth-order valence-corrected chi connectivity index (χ4v) is 3.55. The van der Waals surface area contributed by atoms with Crippen LogP contribution in [0.15, 0.2) is 59.6 Å². The molecule has 1 atom stereocenters. The topological polar surface area (TPSA) is 68.8 Å². The molecule has 30 heavy (non-hydrogen) atoms. The van der Waals surface area contributed by atoms with Gasteiger partial charge in [-0.1, -0.05) is 56.3 Å². The van der Waals surface area contributed by atoms with Crippen molar-refractivity contribution in [2.24, 2.45) is 4.99 Å². The summed E-state index contributed by atoms with van der Waals surface area (Å²) >= 11 is 0. The van der Waals surface area contributed by atoms with Gasteiger partial charge in [0.15, 0.2) is 5.96 Å². The maximum absolute atomic E-state index is 11.8. The lowest BCUT2D eigenvalue weighted by molar-refractivity contribution is 0.0963. The van der Waals surface area contributed by atoms with Crippen molar-refractivity contribution in [3.8, 4) is 0 Å². The first-order valence-corrected chi connectivity index (χ1v) is 10.7. The van der Waals surface area contributed by atoms with Gasteiger partial charge >= 0.3 is 0 Å². The van der Waals surface area contributed by atoms with Crippen molar-refractivity contribution in [3.63, 3.8) is 0 Å². The number of rotatable bonds is 10. The monoisotopic (exact) mass is 409 g/mol. The van der Waals surface area contributed by atoms with E-state index in [0.29, 0.717) is 5.56 Å². The molecule has 0 spiro atoms. The Hall–Kier alpha value is -2.86. The van der Waals surface area contributed by atoms with E-state index >= 15 is 0 Å². The molecule has 2 rings (SSSR count). The van der Waals surface area contributed by atoms with Crippen LogP contribution in [0.1, 0.15) is 41.4 Å². The van der Waals surface area contributed by atoms with E-state index in [4.69, 9.17) is 0 Å². The SMILES string of the molecule is CCN(CC)C(CNC(=NC)NCCc1cccc(C(=O)NC)c1)c1ccccc1. The molecule has 3 N–H and O–H groups in total. The molecular weight excluding hydrogens is 374 g/mol. The smallest absolute Gasteiger partial charge is 0.251 e. The molecule has 0 saturated heterocycles. The molecule has 162 valence electrons. The number of amides is 1. The van der Waals surface area contributed by atoms with Crippen LogP contribution in [-0.2, 0) is 6.42 Å². The molecule has 0 saturated carbocycles. The van der Waals surface area contributed by atoms with Gasteiger partial charge in [0, 0.05) is 32.7 Å². The van der Waals surface area contributed by atoms with E-state index in [1.165, 1.54) is 5.56 Å². The highest BCUT2D eigenvalue weighted by molar-refractivity contribution is 5.94. The molecule has 0 aliphatic heterocycles. The molecular formula is C24H35N5O. The average molecular weight is 410 g/mol. The zero-order valence-electron chi connectivity index (χ0n) is 18.6. The maximum Gasteiger partial charge on any atom is 0.251 e. The second-order valence-electron chi connectivity index (χ2n) is 7.06. The average Bonchev–Trinajstić information content (AvgIpc) is 2.80. The van der Waals surface area contributed by atoms with Gasteiger partial charge in [-0.2, -0.15) is 0 Å². The summed E-state index contributed by atoms with van der Waals surface area (Å²) in [4.78, 5) is 18.6. The largest absolute Gasteiger partial charge is 0.356 e. The Morgan fingerprint density at radius 1 is 1.03 bits per heavy atom. The summed E-state index contributed by atoms with van der Waals surface area (Å²) in [6.07, 6.45) is 0.809. The number of carbonyl (C=O) groups excluding carboxylic acids is 1. The van der Waals surface area contributed by atoms with E-state index in [1.807, 2.05) is 24.3 Å². The summed E-state index contributed by atoms with van der Waals surface area (Å²) in [5.74, 6) is 0.719. The molecule has 0 bridgehead atoms. The van der Waals surface area contributed by atoms with Gasteiger partial charge in [-0.15, -0.1) is 0 Å². The highest BCUT2D eigenvalue weighted by Gasteiger charge is 2.18. The third kappa shape index (κ3) is 6.88. The maximum atomic E-state index is 11.8. The highest BCUT2D eigenvalue weighted by Crippen LogP contribution is 2.19. The van der Waals surface area contributed by atoms with Crippen LogP contribution in [0.5, 0.6) is 0 Å². The minimum Gasteiger partial charge on any atom is -0.356 e. The first-order chi connectivity index (χ1) is 14.6. The quantitative estimate of drug-likeness (QED) is 0.417. The molecule has 0 fully saturated rings. The molecule has 0 heterocycles. The number of aliphatic imine (C=N–C) groups is 1. The summed E-state index contributed by atoms with van der Waals surface area (Å²) in [7, 11) is 3.43. The van der Waals surface area contributed by atoms with Gasteiger partial charge in [0.05, 0.1) is 6.04 Å². The number of nitrogens with one attached hydrogen (secondary N) is 3. The van der Waals surface area contributed by atoms with Crippen molar-refractivity contribution in [3.05, 3.63) is 71.3 Å². The van der Waals surface area contributed by atoms with Gasteiger partial charge in [-0.05, 0) is 42.8 Å². The Morgan fingerprint density at radius 2 is 1.77 bits per heavy atom. The van der Waals surface area contributed by atoms with Crippen molar-refractivity contribution in [2.75, 3.05) is 40.3 Å². The molecule has 6 nitrogen and oxygen atoms in total. The summed E-state index contributed by atoms with van der Waals surface area (Å²) in [5, 5.41) is 9.52. The van der Waals surface area contributed by atoms with Crippen molar-refractivity contribution in [1.29, 1.82) is 0 Å². The number of guanidine groups is 1. The lowest BCUT2D eigenvalue weighted by Gasteiger charge is -2.30. The molecule has 0 aliphatic rings. The first-order valence-electron chi connectivity index (χ1n) is 10.7. The minimum atomic E-state index is -0.0642. The molecule has 2 aromatic rings. The van der Waals surface area contributed by atoms with Gasteiger partial charge in [-0.3, -0.25) is 14.7 Å². The number of likely N-dealkylation sites (N-methyl/N-ethyl adjacent to an activating group) is 1. The van der Waals surface area contributed by atoms with E-state index in [9.17, 15) is 4.79 Å². The van der Waals surface area contributed by atoms with E-state index in [2.05, 4.69) is 70.0 Å². The molecule has 0 aromatic heterocycles. The van der Waals surface area contributed by atoms with Crippen LogP contribution < -0.4 is 16.0 Å². The number of benzene rings is 2. The number of hydrogen-bond donors (Lipinski definition) is 3. The third-order valence-electron chi connectivity index (χ3n) is 5.25. The van der Waals surface area contributed by atoms with Crippen molar-refractivity contribution in [1.82, 2.24) is 20.9 Å². The van der Waals surface area contributed by atoms with Crippen LogP contribution in [0.25, 0.3) is 0 Å². The van der Waals surface area contributed by atoms with Crippen LogP contribution in [0.3, 0.4) is 0 Å². The van der Waals surface area contributed by atoms with Crippen LogP contribution >= 0.6 is 0 Å². The zero-order chi connectivity index (χ0) is 21.8. The summed E-state index contributed by atoms with van der Waals surface area (Å²) in [6.45, 7) is 7.88. The molecule has 0 aliphatic carbocycles. The van der Waals surface area contributed by atoms with Crippen molar-refractivity contribution >= 4 is 11.9 Å². The first kappa shape index (κ1) is 23.4. The van der Waals surface area contributed by atoms with Gasteiger partial charge in [0.2, 0.25) is 0 Å². The predicted molar refractivity (Wildman–Crippen MR) is 125 cm³/mol. The Bertz CT molecular complexity index is 802. The Balaban J connectivity index is 1.92. The summed E-state index contributed by atoms with van der Waals surface area (Å²) in [5.41, 5.74) is 3.10. The second kappa shape index (κ2) is 12.6. The molecule has 6 heteroatoms. The van der Waals surface area contributed by atoms with Crippen LogP contribution in [0, 0.1) is 0 Å². The lowest BCUT2D eigenvalue weighted by Crippen LogP contribution is -2.43. The Morgan fingerprint density at radius 3 is 2.40 bits per heavy atom. The molecule has 2 aromatic carbocycles. The fraction of sp³-hybridized carbons (Fsp3) is 0.417. The summed E-state index contributed by atoms with van der Waals surface area (Å²) < 4.78 is 0. The fourth-order valence-electron chi connectivity index (χ4n) is 3.55. The van der Waals surface area contributed by atoms with Crippen LogP contribution in [-0.4, -0.2) is 57.0 Å². The Labute approximate surface area is 180 Å². The molecule has 1 unspecified atom stereocenters. The summed E-state index contributed by atoms with van der Waals surface area (Å²) in [6, 6.07) is 18.6. The lowest BCUT2D eigenvalue weighted by atomic mass is 10.1. The predicted octanol–water partition coefficient (Wildman–Crippen LogP) is 2.84. The highest BCUT2D eigenvalue weighted by atomic mass is 16.1.